The number of nitrogens with zero attached hydrogens (tertiary/aromatic N) is 1. The molecule has 0 saturated heterocycles. The van der Waals surface area contributed by atoms with Gasteiger partial charge in [-0.1, -0.05) is 40.9 Å². The number of hydrogen-bond acceptors (Lipinski definition) is 3. The largest absolute Gasteiger partial charge is 0.382 e. The summed E-state index contributed by atoms with van der Waals surface area (Å²) in [5, 5.41) is 3.69. The molecular formula is C12H9Cl3FN3. The number of aromatic nitrogens is 1. The summed E-state index contributed by atoms with van der Waals surface area (Å²) >= 11 is 17.4. The van der Waals surface area contributed by atoms with E-state index in [-0.39, 0.29) is 10.8 Å². The van der Waals surface area contributed by atoms with Gasteiger partial charge in [0.1, 0.15) is 17.5 Å². The van der Waals surface area contributed by atoms with E-state index in [4.69, 9.17) is 40.5 Å². The Morgan fingerprint density at radius 1 is 1.11 bits per heavy atom. The van der Waals surface area contributed by atoms with Crippen molar-refractivity contribution in [3.63, 3.8) is 0 Å². The van der Waals surface area contributed by atoms with E-state index >= 15 is 0 Å². The molecule has 19 heavy (non-hydrogen) atoms. The number of nitrogen functional groups attached to an aromatic ring is 1. The molecule has 0 aliphatic carbocycles. The summed E-state index contributed by atoms with van der Waals surface area (Å²) in [5.74, 6) is 0.132. The van der Waals surface area contributed by atoms with Crippen LogP contribution in [-0.4, -0.2) is 4.98 Å². The van der Waals surface area contributed by atoms with Crippen molar-refractivity contribution in [2.75, 3.05) is 11.1 Å². The van der Waals surface area contributed by atoms with Crippen LogP contribution < -0.4 is 11.1 Å². The van der Waals surface area contributed by atoms with Crippen molar-refractivity contribution in [3.05, 3.63) is 50.7 Å². The number of nitrogens with two attached hydrogens (primary N) is 1. The fraction of sp³-hybridized carbons (Fsp3) is 0.0833. The van der Waals surface area contributed by atoms with Crippen molar-refractivity contribution >= 4 is 46.4 Å². The normalized spacial score (nSPS) is 10.5. The molecule has 0 saturated carbocycles. The van der Waals surface area contributed by atoms with Crippen molar-refractivity contribution in [2.24, 2.45) is 0 Å². The first-order chi connectivity index (χ1) is 8.97. The predicted octanol–water partition coefficient (Wildman–Crippen LogP) is 4.38. The Morgan fingerprint density at radius 3 is 2.53 bits per heavy atom. The molecule has 1 heterocycles. The maximum absolute atomic E-state index is 13.0. The smallest absolute Gasteiger partial charge is 0.147 e. The molecule has 2 rings (SSSR count). The van der Waals surface area contributed by atoms with E-state index in [9.17, 15) is 4.39 Å². The Morgan fingerprint density at radius 2 is 1.84 bits per heavy atom. The quantitative estimate of drug-likeness (QED) is 0.882. The molecule has 7 heteroatoms. The van der Waals surface area contributed by atoms with Crippen LogP contribution >= 0.6 is 34.8 Å². The first kappa shape index (κ1) is 14.2. The van der Waals surface area contributed by atoms with Gasteiger partial charge < -0.3 is 11.1 Å². The number of nitrogens with one attached hydrogen (secondary N) is 1. The lowest BCUT2D eigenvalue weighted by Crippen LogP contribution is -2.04. The molecule has 0 spiro atoms. The first-order valence-electron chi connectivity index (χ1n) is 5.26. The van der Waals surface area contributed by atoms with E-state index in [1.165, 1.54) is 18.2 Å². The van der Waals surface area contributed by atoms with E-state index < -0.39 is 5.82 Å². The van der Waals surface area contributed by atoms with Crippen molar-refractivity contribution in [1.82, 2.24) is 4.98 Å². The SMILES string of the molecule is Nc1nc(NCc2ccc(F)c(Cl)c2)c(Cl)cc1Cl. The summed E-state index contributed by atoms with van der Waals surface area (Å²) < 4.78 is 13.0. The molecule has 1 aromatic heterocycles. The fourth-order valence-corrected chi connectivity index (χ4v) is 2.07. The highest BCUT2D eigenvalue weighted by molar-refractivity contribution is 6.37. The highest BCUT2D eigenvalue weighted by Gasteiger charge is 2.07. The van der Waals surface area contributed by atoms with Gasteiger partial charge in [-0.15, -0.1) is 0 Å². The maximum atomic E-state index is 13.0. The van der Waals surface area contributed by atoms with Gasteiger partial charge in [-0.25, -0.2) is 9.37 Å². The zero-order valence-electron chi connectivity index (χ0n) is 9.55. The zero-order valence-corrected chi connectivity index (χ0v) is 11.8. The van der Waals surface area contributed by atoms with Gasteiger partial charge in [-0.05, 0) is 23.8 Å². The second kappa shape index (κ2) is 5.82. The van der Waals surface area contributed by atoms with Crippen LogP contribution in [-0.2, 0) is 6.54 Å². The Hall–Kier alpha value is -1.23. The van der Waals surface area contributed by atoms with Gasteiger partial charge in [-0.3, -0.25) is 0 Å². The van der Waals surface area contributed by atoms with Gasteiger partial charge in [0, 0.05) is 6.54 Å². The third-order valence-corrected chi connectivity index (χ3v) is 3.28. The Labute approximate surface area is 124 Å². The Bertz CT molecular complexity index is 619. The molecule has 0 fully saturated rings. The minimum absolute atomic E-state index is 0.0639. The maximum Gasteiger partial charge on any atom is 0.147 e. The highest BCUT2D eigenvalue weighted by Crippen LogP contribution is 2.27. The van der Waals surface area contributed by atoms with Crippen LogP contribution in [0.1, 0.15) is 5.56 Å². The molecule has 0 bridgehead atoms. The standard InChI is InChI=1S/C12H9Cl3FN3/c13-7-3-6(1-2-10(7)16)5-18-12-9(15)4-8(14)11(17)19-12/h1-4H,5H2,(H3,17,18,19). The average Bonchev–Trinajstić information content (AvgIpc) is 2.36. The number of hydrogen-bond donors (Lipinski definition) is 2. The second-order valence-corrected chi connectivity index (χ2v) is 5.01. The second-order valence-electron chi connectivity index (χ2n) is 3.79. The molecule has 1 aromatic carbocycles. The van der Waals surface area contributed by atoms with E-state index in [2.05, 4.69) is 10.3 Å². The molecule has 100 valence electrons. The minimum Gasteiger partial charge on any atom is -0.382 e. The summed E-state index contributed by atoms with van der Waals surface area (Å²) in [4.78, 5) is 4.02. The Kier molecular flexibility index (Phi) is 4.34. The van der Waals surface area contributed by atoms with Gasteiger partial charge >= 0.3 is 0 Å². The molecule has 0 atom stereocenters. The van der Waals surface area contributed by atoms with Crippen molar-refractivity contribution in [3.8, 4) is 0 Å². The molecule has 3 N–H and O–H groups in total. The van der Waals surface area contributed by atoms with Gasteiger partial charge in [0.05, 0.1) is 15.1 Å². The molecule has 0 aliphatic rings. The van der Waals surface area contributed by atoms with Crippen LogP contribution in [0.3, 0.4) is 0 Å². The van der Waals surface area contributed by atoms with Gasteiger partial charge in [-0.2, -0.15) is 0 Å². The van der Waals surface area contributed by atoms with Crippen LogP contribution in [0.2, 0.25) is 15.1 Å². The lowest BCUT2D eigenvalue weighted by Gasteiger charge is -2.09. The van der Waals surface area contributed by atoms with Crippen molar-refractivity contribution in [2.45, 2.75) is 6.54 Å². The molecular weight excluding hydrogens is 312 g/mol. The van der Waals surface area contributed by atoms with E-state index in [1.807, 2.05) is 0 Å². The van der Waals surface area contributed by atoms with E-state index in [0.29, 0.717) is 22.4 Å². The van der Waals surface area contributed by atoms with E-state index in [0.717, 1.165) is 5.56 Å². The molecule has 3 nitrogen and oxygen atoms in total. The topological polar surface area (TPSA) is 50.9 Å². The average molecular weight is 321 g/mol. The van der Waals surface area contributed by atoms with Crippen LogP contribution in [0.25, 0.3) is 0 Å². The third-order valence-electron chi connectivity index (χ3n) is 2.40. The van der Waals surface area contributed by atoms with Crippen LogP contribution in [0, 0.1) is 5.82 Å². The summed E-state index contributed by atoms with van der Waals surface area (Å²) in [7, 11) is 0. The number of anilines is 2. The number of benzene rings is 1. The minimum atomic E-state index is -0.461. The van der Waals surface area contributed by atoms with Crippen LogP contribution in [0.5, 0.6) is 0 Å². The van der Waals surface area contributed by atoms with E-state index in [1.54, 1.807) is 6.07 Å². The molecule has 0 amide bonds. The predicted molar refractivity (Wildman–Crippen MR) is 77.4 cm³/mol. The van der Waals surface area contributed by atoms with Crippen LogP contribution in [0.4, 0.5) is 16.0 Å². The van der Waals surface area contributed by atoms with Crippen LogP contribution in [0.15, 0.2) is 24.3 Å². The fourth-order valence-electron chi connectivity index (χ4n) is 1.44. The summed E-state index contributed by atoms with van der Waals surface area (Å²) in [6.45, 7) is 0.383. The Balaban J connectivity index is 2.14. The molecule has 2 aromatic rings. The molecule has 0 aliphatic heterocycles. The lowest BCUT2D eigenvalue weighted by molar-refractivity contribution is 0.627. The number of halogens is 4. The van der Waals surface area contributed by atoms with Crippen molar-refractivity contribution < 1.29 is 4.39 Å². The monoisotopic (exact) mass is 319 g/mol. The zero-order chi connectivity index (χ0) is 14.0. The summed E-state index contributed by atoms with van der Waals surface area (Å²) in [6.07, 6.45) is 0. The lowest BCUT2D eigenvalue weighted by atomic mass is 10.2. The van der Waals surface area contributed by atoms with Gasteiger partial charge in [0.15, 0.2) is 0 Å². The first-order valence-corrected chi connectivity index (χ1v) is 6.40. The number of rotatable bonds is 3. The third kappa shape index (κ3) is 3.41. The summed E-state index contributed by atoms with van der Waals surface area (Å²) in [5.41, 5.74) is 6.38. The molecule has 0 radical (unpaired) electrons. The summed E-state index contributed by atoms with van der Waals surface area (Å²) in [6, 6.07) is 5.94. The van der Waals surface area contributed by atoms with Crippen molar-refractivity contribution in [1.29, 1.82) is 0 Å². The highest BCUT2D eigenvalue weighted by atomic mass is 35.5. The number of pyridine rings is 1. The molecule has 0 unspecified atom stereocenters. The van der Waals surface area contributed by atoms with Gasteiger partial charge in [0.25, 0.3) is 0 Å². The van der Waals surface area contributed by atoms with Gasteiger partial charge in [0.2, 0.25) is 0 Å².